The van der Waals surface area contributed by atoms with Crippen LogP contribution in [0.15, 0.2) is 30.5 Å². The molecule has 94 valence electrons. The van der Waals surface area contributed by atoms with E-state index in [1.54, 1.807) is 0 Å². The van der Waals surface area contributed by atoms with Crippen LogP contribution in [-0.4, -0.2) is 16.1 Å². The highest BCUT2D eigenvalue weighted by molar-refractivity contribution is 14.1. The van der Waals surface area contributed by atoms with Crippen molar-refractivity contribution in [2.45, 2.75) is 20.4 Å². The summed E-state index contributed by atoms with van der Waals surface area (Å²) < 4.78 is 2.96. The lowest BCUT2D eigenvalue weighted by Gasteiger charge is -2.04. The van der Waals surface area contributed by atoms with Gasteiger partial charge in [-0.2, -0.15) is 5.10 Å². The van der Waals surface area contributed by atoms with Crippen LogP contribution in [0, 0.1) is 9.49 Å². The lowest BCUT2D eigenvalue weighted by Crippen LogP contribution is -2.04. The summed E-state index contributed by atoms with van der Waals surface area (Å²) in [6.07, 6.45) is 2.70. The molecule has 0 radical (unpaired) electrons. The Labute approximate surface area is 120 Å². The summed E-state index contributed by atoms with van der Waals surface area (Å²) in [5.74, 6) is 0.507. The third-order valence-corrected chi connectivity index (χ3v) is 3.54. The second kappa shape index (κ2) is 5.65. The van der Waals surface area contributed by atoms with Crippen LogP contribution in [0.2, 0.25) is 0 Å². The predicted molar refractivity (Wildman–Crippen MR) is 80.6 cm³/mol. The monoisotopic (exact) mass is 354 g/mol. The van der Waals surface area contributed by atoms with Gasteiger partial charge in [0, 0.05) is 21.9 Å². The molecule has 2 rings (SSSR count). The van der Waals surface area contributed by atoms with Gasteiger partial charge < -0.3 is 0 Å². The van der Waals surface area contributed by atoms with Crippen molar-refractivity contribution in [3.63, 3.8) is 0 Å². The molecule has 18 heavy (non-hydrogen) atoms. The molecule has 0 unspecified atom stereocenters. The number of carbonyl (C=O) groups excluding carboxylic acids is 1. The maximum atomic E-state index is 11.2. The molecular weight excluding hydrogens is 339 g/mol. The van der Waals surface area contributed by atoms with Gasteiger partial charge >= 0.3 is 0 Å². The van der Waals surface area contributed by atoms with Gasteiger partial charge in [-0.25, -0.2) is 0 Å². The lowest BCUT2D eigenvalue weighted by atomic mass is 10.1. The molecular formula is C14H15IN2O. The fourth-order valence-electron chi connectivity index (χ4n) is 1.85. The minimum Gasteiger partial charge on any atom is -0.298 e. The maximum absolute atomic E-state index is 11.2. The Bertz CT molecular complexity index is 561. The quantitative estimate of drug-likeness (QED) is 0.621. The fourth-order valence-corrected chi connectivity index (χ4v) is 2.50. The maximum Gasteiger partial charge on any atom is 0.153 e. The van der Waals surface area contributed by atoms with E-state index in [1.165, 1.54) is 0 Å². The third kappa shape index (κ3) is 2.80. The summed E-state index contributed by atoms with van der Waals surface area (Å²) in [7, 11) is 0. The minimum atomic E-state index is 0.507. The number of aldehydes is 1. The second-order valence-electron chi connectivity index (χ2n) is 4.65. The molecule has 0 spiro atoms. The molecule has 0 fully saturated rings. The first kappa shape index (κ1) is 13.3. The number of carbonyl (C=O) groups is 1. The topological polar surface area (TPSA) is 34.9 Å². The number of hydrogen-bond acceptors (Lipinski definition) is 2. The zero-order valence-electron chi connectivity index (χ0n) is 10.4. The molecule has 1 aromatic carbocycles. The first-order valence-electron chi connectivity index (χ1n) is 5.89. The van der Waals surface area contributed by atoms with Gasteiger partial charge in [-0.05, 0) is 34.6 Å². The van der Waals surface area contributed by atoms with E-state index in [0.717, 1.165) is 27.7 Å². The van der Waals surface area contributed by atoms with E-state index < -0.39 is 0 Å². The van der Waals surface area contributed by atoms with Crippen LogP contribution in [0.25, 0.3) is 11.3 Å². The Kier molecular flexibility index (Phi) is 4.16. The number of hydrogen-bond donors (Lipinski definition) is 0. The van der Waals surface area contributed by atoms with Crippen LogP contribution in [0.4, 0.5) is 0 Å². The van der Waals surface area contributed by atoms with E-state index in [9.17, 15) is 4.79 Å². The molecule has 0 aliphatic heterocycles. The van der Waals surface area contributed by atoms with Crippen LogP contribution in [-0.2, 0) is 6.54 Å². The smallest absolute Gasteiger partial charge is 0.153 e. The molecule has 4 heteroatoms. The normalized spacial score (nSPS) is 10.9. The molecule has 1 aromatic heterocycles. The van der Waals surface area contributed by atoms with Gasteiger partial charge in [0.25, 0.3) is 0 Å². The molecule has 0 aliphatic rings. The summed E-state index contributed by atoms with van der Waals surface area (Å²) in [6.45, 7) is 5.09. The molecule has 0 aliphatic carbocycles. The molecule has 0 saturated carbocycles. The van der Waals surface area contributed by atoms with E-state index in [2.05, 4.69) is 41.5 Å². The Morgan fingerprint density at radius 3 is 2.72 bits per heavy atom. The first-order chi connectivity index (χ1) is 8.61. The Hall–Kier alpha value is -1.17. The lowest BCUT2D eigenvalue weighted by molar-refractivity contribution is 0.112. The van der Waals surface area contributed by atoms with E-state index in [1.807, 2.05) is 35.1 Å². The van der Waals surface area contributed by atoms with Crippen LogP contribution < -0.4 is 0 Å². The molecule has 1 heterocycles. The van der Waals surface area contributed by atoms with Gasteiger partial charge in [-0.15, -0.1) is 0 Å². The SMILES string of the molecule is CC(C)Cn1cc(C=O)c(-c2ccccc2I)n1. The molecule has 0 atom stereocenters. The van der Waals surface area contributed by atoms with Crippen molar-refractivity contribution >= 4 is 28.9 Å². The van der Waals surface area contributed by atoms with E-state index >= 15 is 0 Å². The van der Waals surface area contributed by atoms with Gasteiger partial charge in [0.2, 0.25) is 0 Å². The second-order valence-corrected chi connectivity index (χ2v) is 5.81. The van der Waals surface area contributed by atoms with Crippen molar-refractivity contribution < 1.29 is 4.79 Å². The number of rotatable bonds is 4. The van der Waals surface area contributed by atoms with Crippen molar-refractivity contribution in [2.24, 2.45) is 5.92 Å². The largest absolute Gasteiger partial charge is 0.298 e. The van der Waals surface area contributed by atoms with Crippen molar-refractivity contribution in [3.05, 3.63) is 39.6 Å². The van der Waals surface area contributed by atoms with Crippen molar-refractivity contribution in [3.8, 4) is 11.3 Å². The van der Waals surface area contributed by atoms with Crippen LogP contribution in [0.5, 0.6) is 0 Å². The summed E-state index contributed by atoms with van der Waals surface area (Å²) in [5.41, 5.74) is 2.44. The molecule has 3 nitrogen and oxygen atoms in total. The zero-order chi connectivity index (χ0) is 13.1. The highest BCUT2D eigenvalue weighted by atomic mass is 127. The minimum absolute atomic E-state index is 0.507. The molecule has 0 saturated heterocycles. The Balaban J connectivity index is 2.47. The first-order valence-corrected chi connectivity index (χ1v) is 6.97. The van der Waals surface area contributed by atoms with E-state index in [-0.39, 0.29) is 0 Å². The van der Waals surface area contributed by atoms with Crippen molar-refractivity contribution in [1.29, 1.82) is 0 Å². The van der Waals surface area contributed by atoms with Gasteiger partial charge in [0.1, 0.15) is 5.69 Å². The van der Waals surface area contributed by atoms with Gasteiger partial charge in [-0.1, -0.05) is 32.0 Å². The number of halogens is 1. The Morgan fingerprint density at radius 2 is 2.11 bits per heavy atom. The van der Waals surface area contributed by atoms with E-state index in [0.29, 0.717) is 11.5 Å². The summed E-state index contributed by atoms with van der Waals surface area (Å²) >= 11 is 2.27. The average Bonchev–Trinajstić information content (AvgIpc) is 2.71. The third-order valence-electron chi connectivity index (χ3n) is 2.60. The standard InChI is InChI=1S/C14H15IN2O/c1-10(2)7-17-8-11(9-18)14(16-17)12-5-3-4-6-13(12)15/h3-6,8-10H,7H2,1-2H3. The predicted octanol–water partition coefficient (Wildman–Crippen LogP) is 3.62. The molecule has 0 bridgehead atoms. The van der Waals surface area contributed by atoms with Crippen molar-refractivity contribution in [1.82, 2.24) is 9.78 Å². The van der Waals surface area contributed by atoms with Crippen LogP contribution >= 0.6 is 22.6 Å². The summed E-state index contributed by atoms with van der Waals surface area (Å²) in [6, 6.07) is 7.97. The highest BCUT2D eigenvalue weighted by Gasteiger charge is 2.13. The van der Waals surface area contributed by atoms with Gasteiger partial charge in [-0.3, -0.25) is 9.48 Å². The summed E-state index contributed by atoms with van der Waals surface area (Å²) in [5, 5.41) is 4.53. The molecule has 0 amide bonds. The van der Waals surface area contributed by atoms with Crippen molar-refractivity contribution in [2.75, 3.05) is 0 Å². The molecule has 0 N–H and O–H groups in total. The molecule has 2 aromatic rings. The fraction of sp³-hybridized carbons (Fsp3) is 0.286. The summed E-state index contributed by atoms with van der Waals surface area (Å²) in [4.78, 5) is 11.2. The zero-order valence-corrected chi connectivity index (χ0v) is 12.6. The van der Waals surface area contributed by atoms with E-state index in [4.69, 9.17) is 0 Å². The average molecular weight is 354 g/mol. The highest BCUT2D eigenvalue weighted by Crippen LogP contribution is 2.26. The number of nitrogens with zero attached hydrogens (tertiary/aromatic N) is 2. The van der Waals surface area contributed by atoms with Gasteiger partial charge in [0.05, 0.1) is 5.56 Å². The number of benzene rings is 1. The van der Waals surface area contributed by atoms with Gasteiger partial charge in [0.15, 0.2) is 6.29 Å². The Morgan fingerprint density at radius 1 is 1.39 bits per heavy atom. The van der Waals surface area contributed by atoms with Crippen LogP contribution in [0.3, 0.4) is 0 Å². The number of aromatic nitrogens is 2. The van der Waals surface area contributed by atoms with Crippen LogP contribution in [0.1, 0.15) is 24.2 Å².